The first-order valence-corrected chi connectivity index (χ1v) is 13.8. The van der Waals surface area contributed by atoms with Gasteiger partial charge in [-0.2, -0.15) is 0 Å². The Morgan fingerprint density at radius 1 is 0.972 bits per heavy atom. The van der Waals surface area contributed by atoms with Crippen LogP contribution < -0.4 is 9.62 Å². The minimum absolute atomic E-state index is 0.0222. The molecule has 1 atom stereocenters. The van der Waals surface area contributed by atoms with Gasteiger partial charge in [-0.15, -0.1) is 0 Å². The van der Waals surface area contributed by atoms with Crippen molar-refractivity contribution < 1.29 is 22.4 Å². The van der Waals surface area contributed by atoms with Gasteiger partial charge in [-0.25, -0.2) is 12.8 Å². The molecule has 1 unspecified atom stereocenters. The van der Waals surface area contributed by atoms with Gasteiger partial charge in [-0.1, -0.05) is 64.5 Å². The second kappa shape index (κ2) is 12.1. The summed E-state index contributed by atoms with van der Waals surface area (Å²) in [6.07, 6.45) is 1.17. The van der Waals surface area contributed by atoms with Crippen molar-refractivity contribution in [3.63, 3.8) is 0 Å². The molecule has 1 N–H and O–H groups in total. The van der Waals surface area contributed by atoms with Gasteiger partial charge in [0.1, 0.15) is 18.4 Å². The summed E-state index contributed by atoms with van der Waals surface area (Å²) in [6, 6.07) is 20.6. The summed E-state index contributed by atoms with van der Waals surface area (Å²) in [5.41, 5.74) is 1.61. The van der Waals surface area contributed by atoms with Gasteiger partial charge in [0.2, 0.25) is 21.8 Å². The lowest BCUT2D eigenvalue weighted by molar-refractivity contribution is -0.139. The van der Waals surface area contributed by atoms with Crippen LogP contribution in [0.1, 0.15) is 11.1 Å². The molecule has 3 aromatic rings. The highest BCUT2D eigenvalue weighted by atomic mass is 79.9. The van der Waals surface area contributed by atoms with Crippen LogP contribution in [0.4, 0.5) is 10.1 Å². The Morgan fingerprint density at radius 2 is 1.64 bits per heavy atom. The molecular weight excluding hydrogens is 549 g/mol. The van der Waals surface area contributed by atoms with Crippen LogP contribution in [-0.4, -0.2) is 51.0 Å². The van der Waals surface area contributed by atoms with Gasteiger partial charge in [-0.05, 0) is 41.5 Å². The van der Waals surface area contributed by atoms with Gasteiger partial charge < -0.3 is 10.2 Å². The molecular formula is C26H27BrFN3O4S. The summed E-state index contributed by atoms with van der Waals surface area (Å²) in [7, 11) is -2.46. The van der Waals surface area contributed by atoms with E-state index in [1.165, 1.54) is 30.1 Å². The van der Waals surface area contributed by atoms with Crippen molar-refractivity contribution in [2.45, 2.75) is 19.0 Å². The largest absolute Gasteiger partial charge is 0.357 e. The highest BCUT2D eigenvalue weighted by Gasteiger charge is 2.32. The number of carbonyl (C=O) groups is 2. The van der Waals surface area contributed by atoms with Crippen molar-refractivity contribution in [2.75, 3.05) is 24.2 Å². The molecule has 0 heterocycles. The number of hydrogen-bond acceptors (Lipinski definition) is 4. The Balaban J connectivity index is 2.01. The van der Waals surface area contributed by atoms with Crippen molar-refractivity contribution in [3.05, 3.63) is 100 Å². The van der Waals surface area contributed by atoms with E-state index in [1.54, 1.807) is 0 Å². The van der Waals surface area contributed by atoms with Gasteiger partial charge in [0, 0.05) is 24.5 Å². The van der Waals surface area contributed by atoms with E-state index in [0.717, 1.165) is 32.2 Å². The number of hydrogen-bond donors (Lipinski definition) is 1. The van der Waals surface area contributed by atoms with Crippen LogP contribution in [-0.2, 0) is 32.6 Å². The van der Waals surface area contributed by atoms with Crippen LogP contribution >= 0.6 is 15.9 Å². The Kier molecular flexibility index (Phi) is 9.22. The van der Waals surface area contributed by atoms with Crippen LogP contribution in [0, 0.1) is 5.82 Å². The molecule has 0 spiro atoms. The van der Waals surface area contributed by atoms with E-state index in [0.29, 0.717) is 0 Å². The summed E-state index contributed by atoms with van der Waals surface area (Å²) < 4.78 is 40.8. The van der Waals surface area contributed by atoms with Crippen LogP contribution in [0.15, 0.2) is 83.3 Å². The van der Waals surface area contributed by atoms with Crippen molar-refractivity contribution >= 4 is 43.5 Å². The number of rotatable bonds is 10. The number of sulfonamides is 1. The second-order valence-corrected chi connectivity index (χ2v) is 11.0. The highest BCUT2D eigenvalue weighted by Crippen LogP contribution is 2.21. The number of nitrogens with one attached hydrogen (secondary N) is 1. The number of nitrogens with zero attached hydrogens (tertiary/aromatic N) is 2. The first-order chi connectivity index (χ1) is 17.1. The molecule has 0 bridgehead atoms. The number of benzene rings is 3. The van der Waals surface area contributed by atoms with E-state index in [-0.39, 0.29) is 24.6 Å². The normalized spacial score (nSPS) is 12.0. The topological polar surface area (TPSA) is 86.8 Å². The molecule has 3 rings (SSSR count). The van der Waals surface area contributed by atoms with E-state index < -0.39 is 34.3 Å². The Morgan fingerprint density at radius 3 is 2.22 bits per heavy atom. The molecule has 3 aromatic carbocycles. The lowest BCUT2D eigenvalue weighted by Crippen LogP contribution is -2.52. The first kappa shape index (κ1) is 27.3. The summed E-state index contributed by atoms with van der Waals surface area (Å²) in [6.45, 7) is -0.529. The lowest BCUT2D eigenvalue weighted by Gasteiger charge is -2.33. The van der Waals surface area contributed by atoms with E-state index in [4.69, 9.17) is 0 Å². The molecule has 2 amide bonds. The first-order valence-electron chi connectivity index (χ1n) is 11.1. The standard InChI is InChI=1S/C26H27BrFN3O4S/c1-29-26(33)24(15-19-7-4-3-5-8-19)30(17-20-11-13-21(27)14-12-20)25(32)18-31(36(2,34)35)23-10-6-9-22(28)16-23/h3-14,16,24H,15,17-18H2,1-2H3,(H,29,33). The zero-order valence-electron chi connectivity index (χ0n) is 19.9. The van der Waals surface area contributed by atoms with Crippen molar-refractivity contribution in [2.24, 2.45) is 0 Å². The maximum atomic E-state index is 13.9. The van der Waals surface area contributed by atoms with Crippen molar-refractivity contribution in [3.8, 4) is 0 Å². The van der Waals surface area contributed by atoms with Crippen molar-refractivity contribution in [1.82, 2.24) is 10.2 Å². The maximum Gasteiger partial charge on any atom is 0.244 e. The van der Waals surface area contributed by atoms with E-state index in [1.807, 2.05) is 54.6 Å². The third-order valence-corrected chi connectivity index (χ3v) is 7.23. The monoisotopic (exact) mass is 575 g/mol. The summed E-state index contributed by atoms with van der Waals surface area (Å²) in [5, 5.41) is 2.62. The maximum absolute atomic E-state index is 13.9. The average molecular weight is 576 g/mol. The quantitative estimate of drug-likeness (QED) is 0.399. The molecule has 0 aromatic heterocycles. The highest BCUT2D eigenvalue weighted by molar-refractivity contribution is 9.10. The molecule has 7 nitrogen and oxygen atoms in total. The molecule has 0 aliphatic carbocycles. The predicted molar refractivity (Wildman–Crippen MR) is 141 cm³/mol. The minimum atomic E-state index is -3.94. The summed E-state index contributed by atoms with van der Waals surface area (Å²) in [5.74, 6) is -1.62. The molecule has 0 aliphatic rings. The number of amides is 2. The Hall–Kier alpha value is -3.24. The number of anilines is 1. The zero-order valence-corrected chi connectivity index (χ0v) is 22.3. The second-order valence-electron chi connectivity index (χ2n) is 8.22. The average Bonchev–Trinajstić information content (AvgIpc) is 2.85. The fourth-order valence-corrected chi connectivity index (χ4v) is 4.86. The smallest absolute Gasteiger partial charge is 0.244 e. The minimum Gasteiger partial charge on any atom is -0.357 e. The van der Waals surface area contributed by atoms with Gasteiger partial charge in [0.15, 0.2) is 0 Å². The summed E-state index contributed by atoms with van der Waals surface area (Å²) in [4.78, 5) is 28.1. The Bertz CT molecular complexity index is 1300. The third kappa shape index (κ3) is 7.38. The SMILES string of the molecule is CNC(=O)C(Cc1ccccc1)N(Cc1ccc(Br)cc1)C(=O)CN(c1cccc(F)c1)S(C)(=O)=O. The van der Waals surface area contributed by atoms with Gasteiger partial charge in [0.25, 0.3) is 0 Å². The molecule has 0 saturated heterocycles. The molecule has 36 heavy (non-hydrogen) atoms. The zero-order chi connectivity index (χ0) is 26.3. The number of likely N-dealkylation sites (N-methyl/N-ethyl adjacent to an activating group) is 1. The third-order valence-electron chi connectivity index (χ3n) is 5.56. The fraction of sp³-hybridized carbons (Fsp3) is 0.231. The fourth-order valence-electron chi connectivity index (χ4n) is 3.75. The van der Waals surface area contributed by atoms with Crippen molar-refractivity contribution in [1.29, 1.82) is 0 Å². The van der Waals surface area contributed by atoms with Gasteiger partial charge in [0.05, 0.1) is 11.9 Å². The molecule has 10 heteroatoms. The number of halogens is 2. The van der Waals surface area contributed by atoms with Crippen LogP contribution in [0.25, 0.3) is 0 Å². The van der Waals surface area contributed by atoms with E-state index in [2.05, 4.69) is 21.2 Å². The molecule has 0 fully saturated rings. The van der Waals surface area contributed by atoms with Crippen LogP contribution in [0.5, 0.6) is 0 Å². The lowest BCUT2D eigenvalue weighted by atomic mass is 10.0. The van der Waals surface area contributed by atoms with Gasteiger partial charge >= 0.3 is 0 Å². The molecule has 0 aliphatic heterocycles. The summed E-state index contributed by atoms with van der Waals surface area (Å²) >= 11 is 3.39. The van der Waals surface area contributed by atoms with Crippen LogP contribution in [0.2, 0.25) is 0 Å². The van der Waals surface area contributed by atoms with E-state index in [9.17, 15) is 22.4 Å². The predicted octanol–water partition coefficient (Wildman–Crippen LogP) is 3.74. The molecule has 190 valence electrons. The number of carbonyl (C=O) groups excluding carboxylic acids is 2. The van der Waals surface area contributed by atoms with Crippen LogP contribution in [0.3, 0.4) is 0 Å². The Labute approximate surface area is 219 Å². The van der Waals surface area contributed by atoms with E-state index >= 15 is 0 Å². The molecule has 0 saturated carbocycles. The van der Waals surface area contributed by atoms with Gasteiger partial charge in [-0.3, -0.25) is 13.9 Å². The molecule has 0 radical (unpaired) electrons.